The third kappa shape index (κ3) is 5.85. The molecule has 0 spiro atoms. The van der Waals surface area contributed by atoms with Crippen molar-refractivity contribution in [2.24, 2.45) is 0 Å². The molecule has 0 heterocycles. The van der Waals surface area contributed by atoms with E-state index in [1.807, 2.05) is 37.3 Å². The Balaban J connectivity index is 1.63. The van der Waals surface area contributed by atoms with Crippen molar-refractivity contribution in [3.8, 4) is 0 Å². The van der Waals surface area contributed by atoms with Gasteiger partial charge in [0.15, 0.2) is 9.84 Å². The molecular weight excluding hydrogens is 414 g/mol. The average Bonchev–Trinajstić information content (AvgIpc) is 3.22. The summed E-state index contributed by atoms with van der Waals surface area (Å²) >= 11 is 0. The number of hydrogen-bond acceptors (Lipinski definition) is 4. The zero-order valence-electron chi connectivity index (χ0n) is 17.9. The first kappa shape index (κ1) is 22.8. The second kappa shape index (κ2) is 9.51. The second-order valence-corrected chi connectivity index (χ2v) is 10.1. The van der Waals surface area contributed by atoms with Crippen LogP contribution in [0, 0.1) is 0 Å². The van der Waals surface area contributed by atoms with Crippen LogP contribution in [0.3, 0.4) is 0 Å². The molecule has 1 atom stereocenters. The molecule has 2 aromatic carbocycles. The minimum absolute atomic E-state index is 0.223. The maximum atomic E-state index is 13.1. The highest BCUT2D eigenvalue weighted by Gasteiger charge is 2.42. The molecule has 0 radical (unpaired) electrons. The van der Waals surface area contributed by atoms with E-state index in [1.54, 1.807) is 12.1 Å². The van der Waals surface area contributed by atoms with E-state index in [1.165, 1.54) is 12.1 Å². The highest BCUT2D eigenvalue weighted by atomic mass is 32.2. The average molecular weight is 444 g/mol. The summed E-state index contributed by atoms with van der Waals surface area (Å²) in [5.74, 6) is -0.223. The summed E-state index contributed by atoms with van der Waals surface area (Å²) in [4.78, 5) is 25.9. The number of urea groups is 1. The lowest BCUT2D eigenvalue weighted by Crippen LogP contribution is -2.59. The van der Waals surface area contributed by atoms with Gasteiger partial charge in [0.05, 0.1) is 10.9 Å². The standard InChI is InChI=1S/C23H29N3O4S/c1-17(19-10-12-20(13-11-19)31(2,29)30)25-21(27)23(14-6-7-15-23)26-22(28)24-16-18-8-4-3-5-9-18/h3-5,8-13,17H,6-7,14-16H2,1-2H3,(H,25,27)(H2,24,26,28). The normalized spacial score (nSPS) is 16.3. The topological polar surface area (TPSA) is 104 Å². The van der Waals surface area contributed by atoms with Gasteiger partial charge in [-0.1, -0.05) is 55.3 Å². The smallest absolute Gasteiger partial charge is 0.315 e. The lowest BCUT2D eigenvalue weighted by molar-refractivity contribution is -0.127. The van der Waals surface area contributed by atoms with E-state index in [-0.39, 0.29) is 22.9 Å². The Labute approximate surface area is 183 Å². The van der Waals surface area contributed by atoms with E-state index in [2.05, 4.69) is 16.0 Å². The van der Waals surface area contributed by atoms with Crippen LogP contribution in [0.2, 0.25) is 0 Å². The van der Waals surface area contributed by atoms with Gasteiger partial charge < -0.3 is 16.0 Å². The first-order chi connectivity index (χ1) is 14.7. The third-order valence-corrected chi connectivity index (χ3v) is 6.82. The number of sulfone groups is 1. The summed E-state index contributed by atoms with van der Waals surface area (Å²) in [5.41, 5.74) is 0.831. The van der Waals surface area contributed by atoms with E-state index in [4.69, 9.17) is 0 Å². The zero-order chi connectivity index (χ0) is 22.5. The molecule has 3 amide bonds. The van der Waals surface area contributed by atoms with Crippen LogP contribution in [-0.2, 0) is 21.2 Å². The number of benzene rings is 2. The SMILES string of the molecule is CC(NC(=O)C1(NC(=O)NCc2ccccc2)CCCC1)c1ccc(S(C)(=O)=O)cc1. The van der Waals surface area contributed by atoms with Crippen molar-refractivity contribution >= 4 is 21.8 Å². The van der Waals surface area contributed by atoms with E-state index in [0.717, 1.165) is 30.2 Å². The van der Waals surface area contributed by atoms with Crippen molar-refractivity contribution in [3.05, 3.63) is 65.7 Å². The van der Waals surface area contributed by atoms with Gasteiger partial charge in [-0.2, -0.15) is 0 Å². The number of carbonyl (C=O) groups is 2. The molecule has 31 heavy (non-hydrogen) atoms. The van der Waals surface area contributed by atoms with Gasteiger partial charge in [-0.25, -0.2) is 13.2 Å². The third-order valence-electron chi connectivity index (χ3n) is 5.70. The fourth-order valence-electron chi connectivity index (χ4n) is 3.85. The molecule has 166 valence electrons. The summed E-state index contributed by atoms with van der Waals surface area (Å²) in [6.45, 7) is 2.22. The van der Waals surface area contributed by atoms with Crippen molar-refractivity contribution in [3.63, 3.8) is 0 Å². The summed E-state index contributed by atoms with van der Waals surface area (Å²) in [6.07, 6.45) is 4.05. The van der Waals surface area contributed by atoms with E-state index >= 15 is 0 Å². The quantitative estimate of drug-likeness (QED) is 0.612. The van der Waals surface area contributed by atoms with Crippen molar-refractivity contribution in [2.75, 3.05) is 6.26 Å². The highest BCUT2D eigenvalue weighted by molar-refractivity contribution is 7.90. The Bertz CT molecular complexity index is 1010. The number of rotatable bonds is 7. The first-order valence-corrected chi connectivity index (χ1v) is 12.3. The van der Waals surface area contributed by atoms with Crippen LogP contribution >= 0.6 is 0 Å². The molecule has 3 rings (SSSR count). The predicted molar refractivity (Wildman–Crippen MR) is 119 cm³/mol. The monoisotopic (exact) mass is 443 g/mol. The van der Waals surface area contributed by atoms with E-state index in [0.29, 0.717) is 19.4 Å². The fraction of sp³-hybridized carbons (Fsp3) is 0.391. The molecule has 0 bridgehead atoms. The largest absolute Gasteiger partial charge is 0.348 e. The Morgan fingerprint density at radius 1 is 1.00 bits per heavy atom. The molecule has 3 N–H and O–H groups in total. The number of hydrogen-bond donors (Lipinski definition) is 3. The molecule has 0 saturated heterocycles. The first-order valence-electron chi connectivity index (χ1n) is 10.4. The highest BCUT2D eigenvalue weighted by Crippen LogP contribution is 2.31. The minimum atomic E-state index is -3.27. The number of nitrogens with one attached hydrogen (secondary N) is 3. The van der Waals surface area contributed by atoms with Gasteiger partial charge in [-0.15, -0.1) is 0 Å². The molecule has 0 aliphatic heterocycles. The zero-order valence-corrected chi connectivity index (χ0v) is 18.7. The maximum Gasteiger partial charge on any atom is 0.315 e. The van der Waals surface area contributed by atoms with Gasteiger partial charge in [0, 0.05) is 12.8 Å². The van der Waals surface area contributed by atoms with Gasteiger partial charge >= 0.3 is 6.03 Å². The maximum absolute atomic E-state index is 13.1. The molecule has 1 aliphatic rings. The van der Waals surface area contributed by atoms with Crippen molar-refractivity contribution in [1.29, 1.82) is 0 Å². The van der Waals surface area contributed by atoms with Crippen LogP contribution in [0.5, 0.6) is 0 Å². The van der Waals surface area contributed by atoms with Gasteiger partial charge in [-0.3, -0.25) is 4.79 Å². The summed E-state index contributed by atoms with van der Waals surface area (Å²) in [7, 11) is -3.27. The van der Waals surface area contributed by atoms with Gasteiger partial charge in [0.25, 0.3) is 0 Å². The number of amides is 3. The molecule has 8 heteroatoms. The minimum Gasteiger partial charge on any atom is -0.348 e. The van der Waals surface area contributed by atoms with E-state index < -0.39 is 15.4 Å². The van der Waals surface area contributed by atoms with Crippen molar-refractivity contribution < 1.29 is 18.0 Å². The van der Waals surface area contributed by atoms with Gasteiger partial charge in [0.2, 0.25) is 5.91 Å². The molecule has 1 unspecified atom stereocenters. The van der Waals surface area contributed by atoms with Crippen LogP contribution in [-0.4, -0.2) is 32.2 Å². The molecule has 7 nitrogen and oxygen atoms in total. The van der Waals surface area contributed by atoms with E-state index in [9.17, 15) is 18.0 Å². The predicted octanol–water partition coefficient (Wildman–Crippen LogP) is 3.08. The summed E-state index contributed by atoms with van der Waals surface area (Å²) < 4.78 is 23.3. The van der Waals surface area contributed by atoms with Crippen LogP contribution in [0.1, 0.15) is 49.8 Å². The number of carbonyl (C=O) groups excluding carboxylic acids is 2. The Morgan fingerprint density at radius 3 is 2.19 bits per heavy atom. The molecule has 1 fully saturated rings. The van der Waals surface area contributed by atoms with Crippen LogP contribution < -0.4 is 16.0 Å². The Kier molecular flexibility index (Phi) is 7.00. The van der Waals surface area contributed by atoms with Crippen LogP contribution in [0.4, 0.5) is 4.79 Å². The van der Waals surface area contributed by atoms with Gasteiger partial charge in [0.1, 0.15) is 5.54 Å². The van der Waals surface area contributed by atoms with Crippen LogP contribution in [0.15, 0.2) is 59.5 Å². The molecular formula is C23H29N3O4S. The Hall–Kier alpha value is -2.87. The summed E-state index contributed by atoms with van der Waals surface area (Å²) in [6, 6.07) is 15.4. The molecule has 0 aromatic heterocycles. The molecule has 1 aliphatic carbocycles. The van der Waals surface area contributed by atoms with Crippen LogP contribution in [0.25, 0.3) is 0 Å². The van der Waals surface area contributed by atoms with Crippen molar-refractivity contribution in [2.45, 2.75) is 55.6 Å². The van der Waals surface area contributed by atoms with Crippen molar-refractivity contribution in [1.82, 2.24) is 16.0 Å². The lowest BCUT2D eigenvalue weighted by atomic mass is 9.95. The lowest BCUT2D eigenvalue weighted by Gasteiger charge is -2.30. The van der Waals surface area contributed by atoms with Gasteiger partial charge in [-0.05, 0) is 43.0 Å². The fourth-order valence-corrected chi connectivity index (χ4v) is 4.48. The molecule has 1 saturated carbocycles. The Morgan fingerprint density at radius 2 is 1.61 bits per heavy atom. The molecule has 2 aromatic rings. The summed E-state index contributed by atoms with van der Waals surface area (Å²) in [5, 5.41) is 8.72. The second-order valence-electron chi connectivity index (χ2n) is 8.12.